The fraction of sp³-hybridized carbons (Fsp3) is 0.538. The minimum Gasteiger partial charge on any atom is -0.490 e. The Bertz CT molecular complexity index is 378. The minimum atomic E-state index is -0.0376. The van der Waals surface area contributed by atoms with E-state index >= 15 is 0 Å². The highest BCUT2D eigenvalue weighted by molar-refractivity contribution is 5.42. The molecular weight excluding hydrogens is 188 g/mol. The largest absolute Gasteiger partial charge is 0.490 e. The second kappa shape index (κ2) is 3.53. The summed E-state index contributed by atoms with van der Waals surface area (Å²) in [7, 11) is 0. The summed E-state index contributed by atoms with van der Waals surface area (Å²) in [5.41, 5.74) is 3.72. The second-order valence-electron chi connectivity index (χ2n) is 4.73. The van der Waals surface area contributed by atoms with E-state index in [4.69, 9.17) is 9.47 Å². The van der Waals surface area contributed by atoms with Crippen LogP contribution in [0, 0.1) is 20.8 Å². The average Bonchev–Trinajstić information content (AvgIpc) is 2.88. The molecule has 0 aliphatic carbocycles. The molecule has 1 aliphatic rings. The standard InChI is InChI=1S/C13H18O2/c1-9-5-10(2)11(3)12(6-9)14-7-13(4)8-15-13/h5-6H,7-8H2,1-4H3. The summed E-state index contributed by atoms with van der Waals surface area (Å²) in [6, 6.07) is 4.27. The number of hydrogen-bond donors (Lipinski definition) is 0. The molecule has 2 nitrogen and oxygen atoms in total. The first-order valence-electron chi connectivity index (χ1n) is 5.35. The van der Waals surface area contributed by atoms with Gasteiger partial charge in [0.05, 0.1) is 6.61 Å². The number of ether oxygens (including phenoxy) is 2. The number of rotatable bonds is 3. The van der Waals surface area contributed by atoms with Gasteiger partial charge in [0.25, 0.3) is 0 Å². The molecule has 0 radical (unpaired) electrons. The molecule has 82 valence electrons. The minimum absolute atomic E-state index is 0.0376. The molecule has 1 aliphatic heterocycles. The lowest BCUT2D eigenvalue weighted by molar-refractivity contribution is 0.201. The maximum absolute atomic E-state index is 5.80. The van der Waals surface area contributed by atoms with E-state index in [-0.39, 0.29) is 5.60 Å². The van der Waals surface area contributed by atoms with Crippen molar-refractivity contribution < 1.29 is 9.47 Å². The Morgan fingerprint density at radius 2 is 2.00 bits per heavy atom. The van der Waals surface area contributed by atoms with Crippen LogP contribution >= 0.6 is 0 Å². The van der Waals surface area contributed by atoms with Crippen molar-refractivity contribution in [2.24, 2.45) is 0 Å². The van der Waals surface area contributed by atoms with Gasteiger partial charge in [0.1, 0.15) is 18.0 Å². The molecule has 0 N–H and O–H groups in total. The molecule has 15 heavy (non-hydrogen) atoms. The van der Waals surface area contributed by atoms with Gasteiger partial charge in [0.2, 0.25) is 0 Å². The van der Waals surface area contributed by atoms with E-state index in [1.54, 1.807) is 0 Å². The van der Waals surface area contributed by atoms with Crippen LogP contribution in [0.4, 0.5) is 0 Å². The fourth-order valence-electron chi connectivity index (χ4n) is 1.59. The smallest absolute Gasteiger partial charge is 0.123 e. The van der Waals surface area contributed by atoms with E-state index < -0.39 is 0 Å². The Hall–Kier alpha value is -1.02. The molecule has 1 aromatic carbocycles. The van der Waals surface area contributed by atoms with Crippen LogP contribution in [0.2, 0.25) is 0 Å². The van der Waals surface area contributed by atoms with Crippen LogP contribution in [-0.4, -0.2) is 18.8 Å². The fourth-order valence-corrected chi connectivity index (χ4v) is 1.59. The molecule has 0 spiro atoms. The van der Waals surface area contributed by atoms with E-state index in [0.29, 0.717) is 6.61 Å². The van der Waals surface area contributed by atoms with Crippen LogP contribution in [0.3, 0.4) is 0 Å². The monoisotopic (exact) mass is 206 g/mol. The van der Waals surface area contributed by atoms with Gasteiger partial charge in [0.15, 0.2) is 0 Å². The van der Waals surface area contributed by atoms with Gasteiger partial charge in [-0.25, -0.2) is 0 Å². The molecule has 0 bridgehead atoms. The lowest BCUT2D eigenvalue weighted by Crippen LogP contribution is -2.17. The van der Waals surface area contributed by atoms with Crippen molar-refractivity contribution in [3.8, 4) is 5.75 Å². The normalized spacial score (nSPS) is 24.0. The van der Waals surface area contributed by atoms with Crippen LogP contribution in [0.15, 0.2) is 12.1 Å². The number of benzene rings is 1. The third-order valence-corrected chi connectivity index (χ3v) is 2.93. The highest BCUT2D eigenvalue weighted by Gasteiger charge is 2.40. The molecule has 1 aromatic rings. The van der Waals surface area contributed by atoms with Crippen LogP contribution < -0.4 is 4.74 Å². The Morgan fingerprint density at radius 1 is 1.33 bits per heavy atom. The van der Waals surface area contributed by atoms with Crippen molar-refractivity contribution in [2.75, 3.05) is 13.2 Å². The summed E-state index contributed by atoms with van der Waals surface area (Å²) in [5, 5.41) is 0. The zero-order chi connectivity index (χ0) is 11.1. The molecule has 0 amide bonds. The van der Waals surface area contributed by atoms with Crippen molar-refractivity contribution in [2.45, 2.75) is 33.3 Å². The van der Waals surface area contributed by atoms with E-state index in [2.05, 4.69) is 39.8 Å². The zero-order valence-electron chi connectivity index (χ0n) is 9.89. The number of epoxide rings is 1. The summed E-state index contributed by atoms with van der Waals surface area (Å²) in [5.74, 6) is 0.990. The SMILES string of the molecule is Cc1cc(C)c(C)c(OCC2(C)CO2)c1. The van der Waals surface area contributed by atoms with Crippen LogP contribution in [0.5, 0.6) is 5.75 Å². The quantitative estimate of drug-likeness (QED) is 0.709. The first-order valence-corrected chi connectivity index (χ1v) is 5.35. The maximum Gasteiger partial charge on any atom is 0.123 e. The van der Waals surface area contributed by atoms with E-state index in [9.17, 15) is 0 Å². The molecule has 1 saturated heterocycles. The van der Waals surface area contributed by atoms with Crippen molar-refractivity contribution in [1.82, 2.24) is 0 Å². The predicted octanol–water partition coefficient (Wildman–Crippen LogP) is 2.78. The van der Waals surface area contributed by atoms with Crippen molar-refractivity contribution in [3.05, 3.63) is 28.8 Å². The molecule has 2 rings (SSSR count). The Labute approximate surface area is 91.2 Å². The van der Waals surface area contributed by atoms with Gasteiger partial charge in [0, 0.05) is 0 Å². The summed E-state index contributed by atoms with van der Waals surface area (Å²) < 4.78 is 11.1. The first-order chi connectivity index (χ1) is 7.00. The second-order valence-corrected chi connectivity index (χ2v) is 4.73. The molecule has 0 saturated carbocycles. The number of aryl methyl sites for hydroxylation is 2. The lowest BCUT2D eigenvalue weighted by Gasteiger charge is -2.13. The van der Waals surface area contributed by atoms with Crippen molar-refractivity contribution in [1.29, 1.82) is 0 Å². The van der Waals surface area contributed by atoms with E-state index in [1.807, 2.05) is 0 Å². The van der Waals surface area contributed by atoms with Crippen molar-refractivity contribution >= 4 is 0 Å². The van der Waals surface area contributed by atoms with Gasteiger partial charge < -0.3 is 9.47 Å². The third-order valence-electron chi connectivity index (χ3n) is 2.93. The number of hydrogen-bond acceptors (Lipinski definition) is 2. The summed E-state index contributed by atoms with van der Waals surface area (Å²) in [6.45, 7) is 9.85. The lowest BCUT2D eigenvalue weighted by atomic mass is 10.1. The molecule has 1 heterocycles. The Balaban J connectivity index is 2.13. The summed E-state index contributed by atoms with van der Waals surface area (Å²) >= 11 is 0. The molecule has 1 atom stereocenters. The van der Waals surface area contributed by atoms with Crippen molar-refractivity contribution in [3.63, 3.8) is 0 Å². The molecular formula is C13H18O2. The maximum atomic E-state index is 5.80. The van der Waals surface area contributed by atoms with Crippen LogP contribution in [0.1, 0.15) is 23.6 Å². The van der Waals surface area contributed by atoms with E-state index in [0.717, 1.165) is 12.4 Å². The van der Waals surface area contributed by atoms with Gasteiger partial charge >= 0.3 is 0 Å². The van der Waals surface area contributed by atoms with Gasteiger partial charge in [-0.05, 0) is 50.5 Å². The average molecular weight is 206 g/mol. The molecule has 0 aromatic heterocycles. The first kappa shape index (κ1) is 10.5. The third kappa shape index (κ3) is 2.32. The molecule has 1 fully saturated rings. The zero-order valence-corrected chi connectivity index (χ0v) is 9.89. The Kier molecular flexibility index (Phi) is 2.47. The highest BCUT2D eigenvalue weighted by atomic mass is 16.6. The van der Waals surface area contributed by atoms with Crippen LogP contribution in [0.25, 0.3) is 0 Å². The Morgan fingerprint density at radius 3 is 2.60 bits per heavy atom. The molecule has 2 heteroatoms. The summed E-state index contributed by atoms with van der Waals surface area (Å²) in [6.07, 6.45) is 0. The topological polar surface area (TPSA) is 21.8 Å². The van der Waals surface area contributed by atoms with Gasteiger partial charge in [-0.15, -0.1) is 0 Å². The van der Waals surface area contributed by atoms with Crippen LogP contribution in [-0.2, 0) is 4.74 Å². The summed E-state index contributed by atoms with van der Waals surface area (Å²) in [4.78, 5) is 0. The van der Waals surface area contributed by atoms with E-state index in [1.165, 1.54) is 16.7 Å². The predicted molar refractivity (Wildman–Crippen MR) is 60.5 cm³/mol. The highest BCUT2D eigenvalue weighted by Crippen LogP contribution is 2.29. The van der Waals surface area contributed by atoms with Gasteiger partial charge in [-0.2, -0.15) is 0 Å². The molecule has 1 unspecified atom stereocenters. The van der Waals surface area contributed by atoms with Gasteiger partial charge in [-0.1, -0.05) is 6.07 Å². The van der Waals surface area contributed by atoms with Gasteiger partial charge in [-0.3, -0.25) is 0 Å².